The average Bonchev–Trinajstić information content (AvgIpc) is 2.66. The van der Waals surface area contributed by atoms with Crippen LogP contribution in [0.4, 0.5) is 0 Å². The third-order valence-electron chi connectivity index (χ3n) is 3.92. The minimum absolute atomic E-state index is 0.141. The molecule has 1 aromatic carbocycles. The largest absolute Gasteiger partial charge is 0.392 e. The molecule has 0 aliphatic heterocycles. The second-order valence-corrected chi connectivity index (χ2v) is 5.31. The van der Waals surface area contributed by atoms with Crippen LogP contribution in [0.25, 0.3) is 0 Å². The maximum atomic E-state index is 10.1. The molecule has 2 rings (SSSR count). The highest BCUT2D eigenvalue weighted by Gasteiger charge is 2.22. The molecule has 3 nitrogen and oxygen atoms in total. The first-order chi connectivity index (χ1) is 9.31. The molecule has 0 bridgehead atoms. The van der Waals surface area contributed by atoms with Crippen LogP contribution in [0.15, 0.2) is 30.3 Å². The molecule has 1 aliphatic rings. The standard InChI is InChI=1S/C16H22N2O/c17-11-14(13-7-3-1-4-8-13)12-18-15-9-5-2-6-10-16(15)19/h1,3-4,7-8,14-16,18-19H,2,5-6,9-10,12H2. The van der Waals surface area contributed by atoms with Gasteiger partial charge < -0.3 is 10.4 Å². The van der Waals surface area contributed by atoms with Gasteiger partial charge >= 0.3 is 0 Å². The van der Waals surface area contributed by atoms with E-state index in [1.165, 1.54) is 6.42 Å². The predicted molar refractivity (Wildman–Crippen MR) is 75.7 cm³/mol. The zero-order valence-electron chi connectivity index (χ0n) is 11.3. The summed E-state index contributed by atoms with van der Waals surface area (Å²) in [6.07, 6.45) is 5.10. The van der Waals surface area contributed by atoms with Gasteiger partial charge in [-0.15, -0.1) is 0 Å². The molecule has 0 amide bonds. The lowest BCUT2D eigenvalue weighted by Gasteiger charge is -2.23. The summed E-state index contributed by atoms with van der Waals surface area (Å²) in [6, 6.07) is 12.3. The summed E-state index contributed by atoms with van der Waals surface area (Å²) in [7, 11) is 0. The Bertz CT molecular complexity index is 413. The zero-order valence-corrected chi connectivity index (χ0v) is 11.3. The van der Waals surface area contributed by atoms with Crippen LogP contribution in [0.2, 0.25) is 0 Å². The fourth-order valence-corrected chi connectivity index (χ4v) is 2.72. The monoisotopic (exact) mass is 258 g/mol. The number of aliphatic hydroxyl groups is 1. The molecule has 19 heavy (non-hydrogen) atoms. The van der Waals surface area contributed by atoms with Crippen LogP contribution in [-0.2, 0) is 0 Å². The van der Waals surface area contributed by atoms with E-state index in [2.05, 4.69) is 11.4 Å². The Balaban J connectivity index is 1.91. The molecule has 3 heteroatoms. The lowest BCUT2D eigenvalue weighted by Crippen LogP contribution is -2.40. The topological polar surface area (TPSA) is 56.0 Å². The average molecular weight is 258 g/mol. The van der Waals surface area contributed by atoms with Crippen molar-refractivity contribution in [1.82, 2.24) is 5.32 Å². The molecule has 0 heterocycles. The van der Waals surface area contributed by atoms with Crippen molar-refractivity contribution in [3.63, 3.8) is 0 Å². The molecular weight excluding hydrogens is 236 g/mol. The summed E-state index contributed by atoms with van der Waals surface area (Å²) in [6.45, 7) is 0.613. The maximum absolute atomic E-state index is 10.1. The Kier molecular flexibility index (Phi) is 5.38. The summed E-state index contributed by atoms with van der Waals surface area (Å²) in [5, 5.41) is 22.7. The number of hydrogen-bond donors (Lipinski definition) is 2. The Morgan fingerprint density at radius 1 is 1.21 bits per heavy atom. The molecule has 1 aromatic rings. The molecule has 0 saturated heterocycles. The van der Waals surface area contributed by atoms with E-state index in [1.54, 1.807) is 0 Å². The molecule has 0 aromatic heterocycles. The van der Waals surface area contributed by atoms with Gasteiger partial charge in [-0.05, 0) is 18.4 Å². The fourth-order valence-electron chi connectivity index (χ4n) is 2.72. The molecule has 0 spiro atoms. The van der Waals surface area contributed by atoms with Gasteiger partial charge in [-0.1, -0.05) is 49.6 Å². The van der Waals surface area contributed by atoms with Gasteiger partial charge in [-0.2, -0.15) is 5.26 Å². The van der Waals surface area contributed by atoms with Gasteiger partial charge in [0.1, 0.15) is 0 Å². The van der Waals surface area contributed by atoms with Gasteiger partial charge in [0.2, 0.25) is 0 Å². The van der Waals surface area contributed by atoms with Crippen LogP contribution >= 0.6 is 0 Å². The van der Waals surface area contributed by atoms with Gasteiger partial charge in [0.15, 0.2) is 0 Å². The lowest BCUT2D eigenvalue weighted by molar-refractivity contribution is 0.120. The van der Waals surface area contributed by atoms with E-state index in [0.717, 1.165) is 31.2 Å². The van der Waals surface area contributed by atoms with Crippen molar-refractivity contribution in [2.24, 2.45) is 0 Å². The minimum atomic E-state index is -0.266. The summed E-state index contributed by atoms with van der Waals surface area (Å²) in [4.78, 5) is 0. The molecule has 1 aliphatic carbocycles. The van der Waals surface area contributed by atoms with E-state index in [0.29, 0.717) is 6.54 Å². The van der Waals surface area contributed by atoms with Gasteiger partial charge in [-0.3, -0.25) is 0 Å². The van der Waals surface area contributed by atoms with Crippen molar-refractivity contribution < 1.29 is 5.11 Å². The molecule has 1 fully saturated rings. The Labute approximate surface area is 115 Å². The molecule has 2 N–H and O–H groups in total. The van der Waals surface area contributed by atoms with E-state index in [4.69, 9.17) is 0 Å². The summed E-state index contributed by atoms with van der Waals surface area (Å²) < 4.78 is 0. The first-order valence-corrected chi connectivity index (χ1v) is 7.17. The van der Waals surface area contributed by atoms with Gasteiger partial charge in [0, 0.05) is 12.6 Å². The molecule has 102 valence electrons. The van der Waals surface area contributed by atoms with E-state index in [9.17, 15) is 10.4 Å². The second-order valence-electron chi connectivity index (χ2n) is 5.31. The normalized spacial score (nSPS) is 25.3. The number of nitrogens with one attached hydrogen (secondary N) is 1. The molecule has 3 atom stereocenters. The number of aliphatic hydroxyl groups excluding tert-OH is 1. The lowest BCUT2D eigenvalue weighted by atomic mass is 9.99. The fraction of sp³-hybridized carbons (Fsp3) is 0.562. The third-order valence-corrected chi connectivity index (χ3v) is 3.92. The minimum Gasteiger partial charge on any atom is -0.392 e. The predicted octanol–water partition coefficient (Wildman–Crippen LogP) is 2.58. The molecule has 1 saturated carbocycles. The Hall–Kier alpha value is -1.37. The Morgan fingerprint density at radius 2 is 1.95 bits per heavy atom. The third kappa shape index (κ3) is 4.05. The number of nitriles is 1. The Morgan fingerprint density at radius 3 is 2.68 bits per heavy atom. The van der Waals surface area contributed by atoms with Crippen molar-refractivity contribution in [2.45, 2.75) is 50.2 Å². The smallest absolute Gasteiger partial charge is 0.0837 e. The van der Waals surface area contributed by atoms with Crippen LogP contribution in [0, 0.1) is 11.3 Å². The second kappa shape index (κ2) is 7.28. The summed E-state index contributed by atoms with van der Waals surface area (Å²) >= 11 is 0. The van der Waals surface area contributed by atoms with E-state index < -0.39 is 0 Å². The zero-order chi connectivity index (χ0) is 13.5. The quantitative estimate of drug-likeness (QED) is 0.816. The van der Waals surface area contributed by atoms with Crippen molar-refractivity contribution in [3.05, 3.63) is 35.9 Å². The molecule has 0 radical (unpaired) electrons. The SMILES string of the molecule is N#CC(CNC1CCCCCC1O)c1ccccc1. The number of rotatable bonds is 4. The molecule has 3 unspecified atom stereocenters. The van der Waals surface area contributed by atoms with Crippen LogP contribution in [0.3, 0.4) is 0 Å². The van der Waals surface area contributed by atoms with E-state index >= 15 is 0 Å². The van der Waals surface area contributed by atoms with Gasteiger partial charge in [0.25, 0.3) is 0 Å². The summed E-state index contributed by atoms with van der Waals surface area (Å²) in [5.41, 5.74) is 1.04. The van der Waals surface area contributed by atoms with Crippen molar-refractivity contribution in [2.75, 3.05) is 6.54 Å². The number of nitrogens with zero attached hydrogens (tertiary/aromatic N) is 1. The van der Waals surface area contributed by atoms with Crippen LogP contribution in [-0.4, -0.2) is 23.8 Å². The maximum Gasteiger partial charge on any atom is 0.0837 e. The summed E-state index contributed by atoms with van der Waals surface area (Å²) in [5.74, 6) is -0.142. The number of benzene rings is 1. The van der Waals surface area contributed by atoms with E-state index in [-0.39, 0.29) is 18.1 Å². The number of hydrogen-bond acceptors (Lipinski definition) is 3. The van der Waals surface area contributed by atoms with Crippen molar-refractivity contribution in [3.8, 4) is 6.07 Å². The highest BCUT2D eigenvalue weighted by atomic mass is 16.3. The first-order valence-electron chi connectivity index (χ1n) is 7.17. The van der Waals surface area contributed by atoms with Crippen LogP contribution in [0.5, 0.6) is 0 Å². The van der Waals surface area contributed by atoms with Crippen LogP contribution < -0.4 is 5.32 Å². The van der Waals surface area contributed by atoms with E-state index in [1.807, 2.05) is 30.3 Å². The highest BCUT2D eigenvalue weighted by molar-refractivity contribution is 5.25. The molecular formula is C16H22N2O. The first kappa shape index (κ1) is 14.0. The van der Waals surface area contributed by atoms with Crippen LogP contribution in [0.1, 0.15) is 43.6 Å². The van der Waals surface area contributed by atoms with Crippen molar-refractivity contribution in [1.29, 1.82) is 5.26 Å². The highest BCUT2D eigenvalue weighted by Crippen LogP contribution is 2.19. The van der Waals surface area contributed by atoms with Gasteiger partial charge in [0.05, 0.1) is 18.1 Å². The van der Waals surface area contributed by atoms with Gasteiger partial charge in [-0.25, -0.2) is 0 Å². The van der Waals surface area contributed by atoms with Crippen molar-refractivity contribution >= 4 is 0 Å².